The second-order valence-electron chi connectivity index (χ2n) is 4.69. The first-order valence-corrected chi connectivity index (χ1v) is 7.37. The molecule has 122 valence electrons. The number of aliphatic hydroxyl groups excluding tert-OH is 1. The van der Waals surface area contributed by atoms with E-state index in [1.807, 2.05) is 30.3 Å². The van der Waals surface area contributed by atoms with Gasteiger partial charge in [0.1, 0.15) is 6.61 Å². The average molecular weight is 309 g/mol. The molecule has 0 saturated carbocycles. The van der Waals surface area contributed by atoms with Crippen molar-refractivity contribution in [3.63, 3.8) is 0 Å². The number of ether oxygens (including phenoxy) is 2. The standard InChI is InChI=1S/C16H23NO5/c18-10-12-21-11-9-17-15(19)7-4-8-16(20)22-13-14-5-2-1-3-6-14/h1-3,5-6,18H,4,7-13H2,(H,17,19). The summed E-state index contributed by atoms with van der Waals surface area (Å²) in [6, 6.07) is 9.45. The number of hydrogen-bond donors (Lipinski definition) is 2. The summed E-state index contributed by atoms with van der Waals surface area (Å²) in [6.45, 7) is 1.26. The van der Waals surface area contributed by atoms with Gasteiger partial charge >= 0.3 is 5.97 Å². The second kappa shape index (κ2) is 11.7. The Morgan fingerprint density at radius 3 is 2.59 bits per heavy atom. The van der Waals surface area contributed by atoms with Crippen molar-refractivity contribution in [1.29, 1.82) is 0 Å². The first-order valence-electron chi connectivity index (χ1n) is 7.37. The van der Waals surface area contributed by atoms with E-state index in [2.05, 4.69) is 5.32 Å². The van der Waals surface area contributed by atoms with E-state index >= 15 is 0 Å². The Bertz CT molecular complexity index is 435. The van der Waals surface area contributed by atoms with Crippen LogP contribution < -0.4 is 5.32 Å². The van der Waals surface area contributed by atoms with Gasteiger partial charge in [-0.3, -0.25) is 9.59 Å². The highest BCUT2D eigenvalue weighted by molar-refractivity contribution is 5.76. The molecule has 0 radical (unpaired) electrons. The molecule has 1 rings (SSSR count). The van der Waals surface area contributed by atoms with Crippen molar-refractivity contribution in [1.82, 2.24) is 5.32 Å². The highest BCUT2D eigenvalue weighted by Crippen LogP contribution is 2.03. The molecule has 0 fully saturated rings. The van der Waals surface area contributed by atoms with Gasteiger partial charge in [0.05, 0.1) is 19.8 Å². The van der Waals surface area contributed by atoms with Crippen LogP contribution in [0.1, 0.15) is 24.8 Å². The third-order valence-corrected chi connectivity index (χ3v) is 2.83. The maximum Gasteiger partial charge on any atom is 0.306 e. The Labute approximate surface area is 130 Å². The molecule has 6 heteroatoms. The Kier molecular flexibility index (Phi) is 9.65. The molecule has 22 heavy (non-hydrogen) atoms. The lowest BCUT2D eigenvalue weighted by Gasteiger charge is -2.06. The van der Waals surface area contributed by atoms with Crippen LogP contribution in [0.3, 0.4) is 0 Å². The van der Waals surface area contributed by atoms with Gasteiger partial charge in [0.25, 0.3) is 0 Å². The van der Waals surface area contributed by atoms with E-state index in [-0.39, 0.29) is 44.5 Å². The smallest absolute Gasteiger partial charge is 0.306 e. The molecule has 0 aliphatic heterocycles. The van der Waals surface area contributed by atoms with E-state index in [4.69, 9.17) is 14.6 Å². The summed E-state index contributed by atoms with van der Waals surface area (Å²) < 4.78 is 10.1. The molecule has 0 bridgehead atoms. The van der Waals surface area contributed by atoms with Crippen LogP contribution in [-0.4, -0.2) is 43.3 Å². The van der Waals surface area contributed by atoms with Gasteiger partial charge in [-0.05, 0) is 12.0 Å². The molecular weight excluding hydrogens is 286 g/mol. The number of esters is 1. The Morgan fingerprint density at radius 1 is 1.09 bits per heavy atom. The van der Waals surface area contributed by atoms with Crippen LogP contribution in [0.25, 0.3) is 0 Å². The summed E-state index contributed by atoms with van der Waals surface area (Å²) in [4.78, 5) is 23.0. The highest BCUT2D eigenvalue weighted by atomic mass is 16.5. The minimum atomic E-state index is -0.303. The molecule has 1 aromatic rings. The van der Waals surface area contributed by atoms with Gasteiger partial charge in [-0.2, -0.15) is 0 Å². The molecule has 0 heterocycles. The lowest BCUT2D eigenvalue weighted by Crippen LogP contribution is -2.27. The Morgan fingerprint density at radius 2 is 1.86 bits per heavy atom. The van der Waals surface area contributed by atoms with Crippen LogP contribution in [0.4, 0.5) is 0 Å². The molecular formula is C16H23NO5. The molecule has 1 amide bonds. The SMILES string of the molecule is O=C(CCCC(=O)OCc1ccccc1)NCCOCCO. The number of carbonyl (C=O) groups excluding carboxylic acids is 2. The maximum absolute atomic E-state index is 11.5. The molecule has 6 nitrogen and oxygen atoms in total. The van der Waals surface area contributed by atoms with Crippen LogP contribution in [0, 0.1) is 0 Å². The number of rotatable bonds is 11. The van der Waals surface area contributed by atoms with Gasteiger partial charge in [0.2, 0.25) is 5.91 Å². The van der Waals surface area contributed by atoms with Crippen LogP contribution in [-0.2, 0) is 25.7 Å². The summed E-state index contributed by atoms with van der Waals surface area (Å²) in [6.07, 6.45) is 0.957. The van der Waals surface area contributed by atoms with Gasteiger partial charge in [-0.25, -0.2) is 0 Å². The van der Waals surface area contributed by atoms with Crippen molar-refractivity contribution in [2.24, 2.45) is 0 Å². The van der Waals surface area contributed by atoms with Crippen molar-refractivity contribution in [3.05, 3.63) is 35.9 Å². The predicted molar refractivity (Wildman–Crippen MR) is 81.0 cm³/mol. The third-order valence-electron chi connectivity index (χ3n) is 2.83. The summed E-state index contributed by atoms with van der Waals surface area (Å²) in [7, 11) is 0. The van der Waals surface area contributed by atoms with Crippen molar-refractivity contribution in [2.75, 3.05) is 26.4 Å². The Hall–Kier alpha value is -1.92. The van der Waals surface area contributed by atoms with Gasteiger partial charge in [-0.1, -0.05) is 30.3 Å². The predicted octanol–water partition coefficient (Wildman–Crippen LogP) is 1.03. The average Bonchev–Trinajstić information content (AvgIpc) is 2.54. The number of nitrogens with one attached hydrogen (secondary N) is 1. The molecule has 0 aliphatic carbocycles. The lowest BCUT2D eigenvalue weighted by molar-refractivity contribution is -0.145. The molecule has 2 N–H and O–H groups in total. The summed E-state index contributed by atoms with van der Waals surface area (Å²) in [5, 5.41) is 11.2. The highest BCUT2D eigenvalue weighted by Gasteiger charge is 2.06. The number of aliphatic hydroxyl groups is 1. The van der Waals surface area contributed by atoms with Crippen LogP contribution in [0.15, 0.2) is 30.3 Å². The van der Waals surface area contributed by atoms with E-state index < -0.39 is 0 Å². The molecule has 0 unspecified atom stereocenters. The molecule has 0 aliphatic rings. The normalized spacial score (nSPS) is 10.2. The van der Waals surface area contributed by atoms with E-state index in [0.717, 1.165) is 5.56 Å². The quantitative estimate of drug-likeness (QED) is 0.471. The zero-order valence-electron chi connectivity index (χ0n) is 12.6. The topological polar surface area (TPSA) is 84.9 Å². The Balaban J connectivity index is 2.01. The molecule has 0 atom stereocenters. The molecule has 0 spiro atoms. The van der Waals surface area contributed by atoms with Gasteiger partial charge in [0.15, 0.2) is 0 Å². The first kappa shape index (κ1) is 18.1. The zero-order chi connectivity index (χ0) is 16.0. The first-order chi connectivity index (χ1) is 10.7. The fourth-order valence-electron chi connectivity index (χ4n) is 1.72. The van der Waals surface area contributed by atoms with Crippen molar-refractivity contribution >= 4 is 11.9 Å². The summed E-state index contributed by atoms with van der Waals surface area (Å²) in [5.41, 5.74) is 0.941. The van der Waals surface area contributed by atoms with Crippen molar-refractivity contribution in [2.45, 2.75) is 25.9 Å². The molecule has 1 aromatic carbocycles. The van der Waals surface area contributed by atoms with Gasteiger partial charge in [0, 0.05) is 19.4 Å². The van der Waals surface area contributed by atoms with Crippen LogP contribution in [0.5, 0.6) is 0 Å². The third kappa shape index (κ3) is 9.10. The lowest BCUT2D eigenvalue weighted by atomic mass is 10.2. The fourth-order valence-corrected chi connectivity index (χ4v) is 1.72. The van der Waals surface area contributed by atoms with Gasteiger partial charge < -0.3 is 19.9 Å². The molecule has 0 aromatic heterocycles. The minimum Gasteiger partial charge on any atom is -0.461 e. The minimum absolute atomic E-state index is 0.0287. The second-order valence-corrected chi connectivity index (χ2v) is 4.69. The number of hydrogen-bond acceptors (Lipinski definition) is 5. The van der Waals surface area contributed by atoms with Gasteiger partial charge in [-0.15, -0.1) is 0 Å². The van der Waals surface area contributed by atoms with Crippen LogP contribution >= 0.6 is 0 Å². The number of amides is 1. The monoisotopic (exact) mass is 309 g/mol. The van der Waals surface area contributed by atoms with Crippen molar-refractivity contribution < 1.29 is 24.2 Å². The molecule has 0 saturated heterocycles. The summed E-state index contributed by atoms with van der Waals surface area (Å²) in [5.74, 6) is -0.425. The van der Waals surface area contributed by atoms with Crippen molar-refractivity contribution in [3.8, 4) is 0 Å². The number of benzene rings is 1. The zero-order valence-corrected chi connectivity index (χ0v) is 12.6. The number of carbonyl (C=O) groups is 2. The fraction of sp³-hybridized carbons (Fsp3) is 0.500. The van der Waals surface area contributed by atoms with E-state index in [1.165, 1.54) is 0 Å². The van der Waals surface area contributed by atoms with E-state index in [9.17, 15) is 9.59 Å². The van der Waals surface area contributed by atoms with E-state index in [1.54, 1.807) is 0 Å². The largest absolute Gasteiger partial charge is 0.461 e. The summed E-state index contributed by atoms with van der Waals surface area (Å²) >= 11 is 0. The van der Waals surface area contributed by atoms with Crippen LogP contribution in [0.2, 0.25) is 0 Å². The van der Waals surface area contributed by atoms with E-state index in [0.29, 0.717) is 19.6 Å². The maximum atomic E-state index is 11.5.